The summed E-state index contributed by atoms with van der Waals surface area (Å²) in [5.74, 6) is 0.213. The third-order valence-corrected chi connectivity index (χ3v) is 5.13. The Kier molecular flexibility index (Phi) is 7.57. The number of nitrogens with zero attached hydrogens (tertiary/aromatic N) is 2. The Morgan fingerprint density at radius 3 is 2.14 bits per heavy atom. The Bertz CT molecular complexity index is 1240. The maximum atomic E-state index is 12.7. The molecule has 0 spiro atoms. The van der Waals surface area contributed by atoms with Gasteiger partial charge in [-0.1, -0.05) is 0 Å². The first-order valence-electron chi connectivity index (χ1n) is 10.9. The lowest BCUT2D eigenvalue weighted by atomic mass is 10.0. The summed E-state index contributed by atoms with van der Waals surface area (Å²) in [4.78, 5) is 30.3. The van der Waals surface area contributed by atoms with Crippen LogP contribution < -0.4 is 15.0 Å². The Labute approximate surface area is 206 Å². The topological polar surface area (TPSA) is 80.8 Å². The molecule has 0 bridgehead atoms. The molecule has 0 saturated heterocycles. The van der Waals surface area contributed by atoms with Crippen LogP contribution in [0.15, 0.2) is 60.8 Å². The van der Waals surface area contributed by atoms with Crippen molar-refractivity contribution < 1.29 is 32.2 Å². The lowest BCUT2D eigenvalue weighted by molar-refractivity contribution is -0.137. The number of methoxy groups -OCH3 is 1. The van der Waals surface area contributed by atoms with Gasteiger partial charge in [-0.3, -0.25) is 9.69 Å². The van der Waals surface area contributed by atoms with Gasteiger partial charge >= 0.3 is 12.3 Å². The maximum absolute atomic E-state index is 12.7. The Morgan fingerprint density at radius 2 is 1.64 bits per heavy atom. The Morgan fingerprint density at radius 1 is 0.972 bits per heavy atom. The molecule has 0 aliphatic carbocycles. The van der Waals surface area contributed by atoms with Crippen LogP contribution in [-0.4, -0.2) is 29.6 Å². The first kappa shape index (κ1) is 26.5. The zero-order chi connectivity index (χ0) is 26.7. The molecule has 7 nitrogen and oxygen atoms in total. The smallest absolute Gasteiger partial charge is 0.416 e. The van der Waals surface area contributed by atoms with Gasteiger partial charge in [-0.15, -0.1) is 0 Å². The summed E-state index contributed by atoms with van der Waals surface area (Å²) in [5.41, 5.74) is 0.487. The number of nitrogens with one attached hydrogen (secondary N) is 1. The number of rotatable bonds is 5. The van der Waals surface area contributed by atoms with E-state index in [4.69, 9.17) is 9.47 Å². The van der Waals surface area contributed by atoms with Crippen molar-refractivity contribution in [2.24, 2.45) is 0 Å². The molecule has 0 aliphatic heterocycles. The molecule has 0 atom stereocenters. The van der Waals surface area contributed by atoms with Crippen molar-refractivity contribution in [3.8, 4) is 11.6 Å². The molecule has 0 aliphatic rings. The van der Waals surface area contributed by atoms with Gasteiger partial charge in [0.05, 0.1) is 24.6 Å². The normalized spacial score (nSPS) is 11.6. The van der Waals surface area contributed by atoms with Crippen LogP contribution in [0.25, 0.3) is 0 Å². The minimum Gasteiger partial charge on any atom is -0.452 e. The maximum Gasteiger partial charge on any atom is 0.416 e. The number of carbonyl (C=O) groups is 2. The molecule has 10 heteroatoms. The number of amides is 2. The number of aryl methyl sites for hydroxylation is 1. The van der Waals surface area contributed by atoms with Gasteiger partial charge in [0.1, 0.15) is 5.75 Å². The third kappa shape index (κ3) is 6.32. The lowest BCUT2D eigenvalue weighted by Gasteiger charge is -2.34. The molecule has 0 saturated carbocycles. The second-order valence-corrected chi connectivity index (χ2v) is 8.94. The first-order chi connectivity index (χ1) is 16.8. The van der Waals surface area contributed by atoms with Crippen molar-refractivity contribution in [3.05, 3.63) is 77.5 Å². The predicted molar refractivity (Wildman–Crippen MR) is 130 cm³/mol. The fourth-order valence-corrected chi connectivity index (χ4v) is 3.39. The quantitative estimate of drug-likeness (QED) is 0.415. The Hall–Kier alpha value is -4.08. The fourth-order valence-electron chi connectivity index (χ4n) is 3.39. The van der Waals surface area contributed by atoms with Crippen LogP contribution in [0.1, 0.15) is 42.3 Å². The van der Waals surface area contributed by atoms with Gasteiger partial charge in [0, 0.05) is 22.9 Å². The van der Waals surface area contributed by atoms with Crippen LogP contribution in [0.2, 0.25) is 0 Å². The predicted octanol–water partition coefficient (Wildman–Crippen LogP) is 6.82. The van der Waals surface area contributed by atoms with Gasteiger partial charge in [-0.05, 0) is 81.8 Å². The summed E-state index contributed by atoms with van der Waals surface area (Å²) >= 11 is 0. The number of hydrogen-bond acceptors (Lipinski definition) is 5. The number of carbonyl (C=O) groups excluding carboxylic acids is 2. The monoisotopic (exact) mass is 501 g/mol. The number of ether oxygens (including phenoxy) is 2. The van der Waals surface area contributed by atoms with Crippen molar-refractivity contribution in [1.82, 2.24) is 4.98 Å². The molecule has 36 heavy (non-hydrogen) atoms. The Balaban J connectivity index is 1.69. The fraction of sp³-hybridized carbons (Fsp3) is 0.269. The van der Waals surface area contributed by atoms with Gasteiger partial charge in [0.2, 0.25) is 5.88 Å². The number of alkyl halides is 3. The lowest BCUT2D eigenvalue weighted by Crippen LogP contribution is -2.45. The molecule has 1 N–H and O–H groups in total. The number of anilines is 2. The van der Waals surface area contributed by atoms with Crippen LogP contribution in [-0.2, 0) is 10.9 Å². The average Bonchev–Trinajstić information content (AvgIpc) is 2.80. The summed E-state index contributed by atoms with van der Waals surface area (Å²) < 4.78 is 48.8. The number of halogens is 3. The highest BCUT2D eigenvalue weighted by Gasteiger charge is 2.30. The molecule has 3 rings (SSSR count). The van der Waals surface area contributed by atoms with Gasteiger partial charge in [-0.25, -0.2) is 9.78 Å². The number of hydrogen-bond donors (Lipinski definition) is 1. The van der Waals surface area contributed by atoms with Crippen LogP contribution in [0.5, 0.6) is 11.6 Å². The van der Waals surface area contributed by atoms with Crippen LogP contribution in [0.3, 0.4) is 0 Å². The van der Waals surface area contributed by atoms with E-state index in [1.807, 2.05) is 27.7 Å². The van der Waals surface area contributed by atoms with Crippen molar-refractivity contribution in [2.45, 2.75) is 39.4 Å². The second kappa shape index (κ2) is 10.3. The van der Waals surface area contributed by atoms with E-state index in [0.717, 1.165) is 29.8 Å². The molecule has 2 aromatic carbocycles. The van der Waals surface area contributed by atoms with Gasteiger partial charge in [0.15, 0.2) is 0 Å². The molecule has 2 amide bonds. The number of pyridine rings is 1. The number of benzene rings is 2. The van der Waals surface area contributed by atoms with Gasteiger partial charge < -0.3 is 14.8 Å². The van der Waals surface area contributed by atoms with E-state index in [2.05, 4.69) is 10.3 Å². The van der Waals surface area contributed by atoms with E-state index < -0.39 is 29.3 Å². The molecule has 190 valence electrons. The first-order valence-corrected chi connectivity index (χ1v) is 10.9. The van der Waals surface area contributed by atoms with E-state index in [9.17, 15) is 22.8 Å². The van der Waals surface area contributed by atoms with E-state index in [1.54, 1.807) is 30.3 Å². The number of aromatic nitrogens is 1. The van der Waals surface area contributed by atoms with E-state index >= 15 is 0 Å². The second-order valence-electron chi connectivity index (χ2n) is 8.94. The summed E-state index contributed by atoms with van der Waals surface area (Å²) in [6.07, 6.45) is -3.58. The highest BCUT2D eigenvalue weighted by Crippen LogP contribution is 2.32. The molecule has 1 heterocycles. The van der Waals surface area contributed by atoms with Crippen LogP contribution in [0.4, 0.5) is 29.3 Å². The molecule has 3 aromatic rings. The molecule has 0 radical (unpaired) electrons. The molecular weight excluding hydrogens is 475 g/mol. The third-order valence-electron chi connectivity index (χ3n) is 5.13. The highest BCUT2D eigenvalue weighted by atomic mass is 19.4. The SMILES string of the molecule is COC(=O)N(c1ccc(Oc2ccc(NC(=O)c3ccc(C(F)(F)F)cc3)cn2)c(C)c1)C(C)(C)C. The van der Waals surface area contributed by atoms with Crippen molar-refractivity contribution >= 4 is 23.4 Å². The average molecular weight is 502 g/mol. The standard InChI is InChI=1S/C26H26F3N3O4/c1-16-14-20(32(24(34)35-5)25(2,3)4)11-12-21(16)36-22-13-10-19(15-30-22)31-23(33)17-6-8-18(9-7-17)26(27,28)29/h6-15H,1-5H3,(H,31,33). The zero-order valence-electron chi connectivity index (χ0n) is 20.4. The van der Waals surface area contributed by atoms with Crippen molar-refractivity contribution in [1.29, 1.82) is 0 Å². The summed E-state index contributed by atoms with van der Waals surface area (Å²) in [7, 11) is 1.33. The van der Waals surface area contributed by atoms with E-state index in [1.165, 1.54) is 18.2 Å². The zero-order valence-corrected chi connectivity index (χ0v) is 20.4. The van der Waals surface area contributed by atoms with Crippen molar-refractivity contribution in [2.75, 3.05) is 17.3 Å². The summed E-state index contributed by atoms with van der Waals surface area (Å²) in [6, 6.07) is 12.3. The summed E-state index contributed by atoms with van der Waals surface area (Å²) in [5, 5.41) is 2.58. The van der Waals surface area contributed by atoms with Crippen LogP contribution in [0, 0.1) is 6.92 Å². The minimum atomic E-state index is -4.47. The van der Waals surface area contributed by atoms with Crippen LogP contribution >= 0.6 is 0 Å². The molecular formula is C26H26F3N3O4. The highest BCUT2D eigenvalue weighted by molar-refractivity contribution is 6.04. The molecule has 1 aromatic heterocycles. The van der Waals surface area contributed by atoms with Crippen molar-refractivity contribution in [3.63, 3.8) is 0 Å². The van der Waals surface area contributed by atoms with Gasteiger partial charge in [0.25, 0.3) is 5.91 Å². The van der Waals surface area contributed by atoms with E-state index in [0.29, 0.717) is 17.1 Å². The molecule has 0 unspecified atom stereocenters. The van der Waals surface area contributed by atoms with E-state index in [-0.39, 0.29) is 11.4 Å². The summed E-state index contributed by atoms with van der Waals surface area (Å²) in [6.45, 7) is 7.51. The molecule has 0 fully saturated rings. The largest absolute Gasteiger partial charge is 0.452 e. The minimum absolute atomic E-state index is 0.0790. The van der Waals surface area contributed by atoms with Gasteiger partial charge in [-0.2, -0.15) is 13.2 Å².